The normalized spacial score (nSPS) is 13.6. The van der Waals surface area contributed by atoms with Crippen LogP contribution in [0.2, 0.25) is 0 Å². The zero-order valence-electron chi connectivity index (χ0n) is 20.5. The van der Waals surface area contributed by atoms with Gasteiger partial charge in [0, 0.05) is 12.2 Å². The summed E-state index contributed by atoms with van der Waals surface area (Å²) >= 11 is 1.51. The van der Waals surface area contributed by atoms with Gasteiger partial charge in [0.1, 0.15) is 5.82 Å². The lowest BCUT2D eigenvalue weighted by Gasteiger charge is -2.12. The first-order valence-electron chi connectivity index (χ1n) is 13.0. The summed E-state index contributed by atoms with van der Waals surface area (Å²) in [5.74, 6) is 1.56. The van der Waals surface area contributed by atoms with Gasteiger partial charge in [0.05, 0.1) is 18.8 Å². The fourth-order valence-corrected chi connectivity index (χ4v) is 4.73. The number of aryl methyl sites for hydroxylation is 1. The minimum absolute atomic E-state index is 0.374. The van der Waals surface area contributed by atoms with E-state index in [2.05, 4.69) is 17.1 Å². The third kappa shape index (κ3) is 15.0. The Morgan fingerprint density at radius 2 is 1.19 bits per heavy atom. The smallest absolute Gasteiger partial charge is 0.191 e. The Kier molecular flexibility index (Phi) is 17.4. The van der Waals surface area contributed by atoms with Gasteiger partial charge in [-0.1, -0.05) is 109 Å². The molecule has 31 heavy (non-hydrogen) atoms. The van der Waals surface area contributed by atoms with Gasteiger partial charge in [-0.05, 0) is 20.3 Å². The van der Waals surface area contributed by atoms with Gasteiger partial charge in [0.2, 0.25) is 0 Å². The average Bonchev–Trinajstić information content (AvgIpc) is 3.10. The number of aromatic nitrogens is 3. The van der Waals surface area contributed by atoms with Crippen LogP contribution in [0, 0.1) is 0 Å². The quantitative estimate of drug-likeness (QED) is 0.162. The molecule has 2 N–H and O–H groups in total. The number of thioether (sulfide) groups is 1. The van der Waals surface area contributed by atoms with Gasteiger partial charge in [-0.2, -0.15) is 0 Å². The zero-order chi connectivity index (χ0) is 22.7. The predicted octanol–water partition coefficient (Wildman–Crippen LogP) is 6.55. The van der Waals surface area contributed by atoms with E-state index in [0.717, 1.165) is 23.8 Å². The number of rotatable bonds is 21. The molecule has 1 rings (SSSR count). The summed E-state index contributed by atoms with van der Waals surface area (Å²) in [5.41, 5.74) is 0. The molecule has 0 radical (unpaired) electrons. The maximum Gasteiger partial charge on any atom is 0.191 e. The Hall–Kier alpha value is -0.590. The van der Waals surface area contributed by atoms with Crippen LogP contribution in [0.1, 0.15) is 123 Å². The van der Waals surface area contributed by atoms with E-state index in [1.807, 2.05) is 4.57 Å². The van der Waals surface area contributed by atoms with Crippen molar-refractivity contribution in [1.29, 1.82) is 0 Å². The molecule has 0 fully saturated rings. The SMILES string of the molecule is CCCCCCCCCCCCCCCCCc1nnc(SCC(C)O)n1CC(C)O. The highest BCUT2D eigenvalue weighted by Crippen LogP contribution is 2.20. The Morgan fingerprint density at radius 3 is 1.65 bits per heavy atom. The summed E-state index contributed by atoms with van der Waals surface area (Å²) in [6.07, 6.45) is 20.6. The van der Waals surface area contributed by atoms with E-state index in [1.54, 1.807) is 13.8 Å². The summed E-state index contributed by atoms with van der Waals surface area (Å²) in [5, 5.41) is 28.8. The third-order valence-corrected chi connectivity index (χ3v) is 6.91. The number of hydrogen-bond donors (Lipinski definition) is 2. The number of unbranched alkanes of at least 4 members (excludes halogenated alkanes) is 14. The first kappa shape index (κ1) is 28.4. The van der Waals surface area contributed by atoms with Gasteiger partial charge in [0.15, 0.2) is 5.16 Å². The van der Waals surface area contributed by atoms with Crippen molar-refractivity contribution in [3.05, 3.63) is 5.82 Å². The molecule has 0 saturated heterocycles. The molecule has 2 unspecified atom stereocenters. The third-order valence-electron chi connectivity index (χ3n) is 5.70. The molecule has 1 heterocycles. The minimum Gasteiger partial charge on any atom is -0.393 e. The molecular weight excluding hydrogens is 406 g/mol. The van der Waals surface area contributed by atoms with Crippen molar-refractivity contribution in [2.75, 3.05) is 5.75 Å². The molecule has 2 atom stereocenters. The summed E-state index contributed by atoms with van der Waals surface area (Å²) < 4.78 is 2.03. The molecule has 5 nitrogen and oxygen atoms in total. The second-order valence-electron chi connectivity index (χ2n) is 9.22. The van der Waals surface area contributed by atoms with Crippen LogP contribution in [-0.2, 0) is 13.0 Å². The van der Waals surface area contributed by atoms with Crippen molar-refractivity contribution in [2.24, 2.45) is 0 Å². The Labute approximate surface area is 195 Å². The standard InChI is InChI=1S/C25H49N3O2S/c1-4-5-6-7-8-9-10-11-12-13-14-15-16-17-18-19-24-26-27-25(31-21-23(3)30)28(24)20-22(2)29/h22-23,29-30H,4-21H2,1-3H3. The van der Waals surface area contributed by atoms with Crippen LogP contribution < -0.4 is 0 Å². The largest absolute Gasteiger partial charge is 0.393 e. The molecule has 182 valence electrons. The number of aliphatic hydroxyl groups excluding tert-OH is 2. The van der Waals surface area contributed by atoms with Crippen LogP contribution in [0.25, 0.3) is 0 Å². The van der Waals surface area contributed by atoms with Gasteiger partial charge >= 0.3 is 0 Å². The van der Waals surface area contributed by atoms with Crippen molar-refractivity contribution in [2.45, 2.75) is 147 Å². The molecule has 0 aliphatic rings. The lowest BCUT2D eigenvalue weighted by Crippen LogP contribution is -2.16. The van der Waals surface area contributed by atoms with Crippen molar-refractivity contribution >= 4 is 11.8 Å². The number of aliphatic hydroxyl groups is 2. The Morgan fingerprint density at radius 1 is 0.710 bits per heavy atom. The van der Waals surface area contributed by atoms with Crippen molar-refractivity contribution in [1.82, 2.24) is 14.8 Å². The monoisotopic (exact) mass is 455 g/mol. The van der Waals surface area contributed by atoms with Gasteiger partial charge in [-0.15, -0.1) is 10.2 Å². The molecule has 0 saturated carbocycles. The molecule has 0 aromatic carbocycles. The van der Waals surface area contributed by atoms with Crippen LogP contribution >= 0.6 is 11.8 Å². The van der Waals surface area contributed by atoms with Crippen molar-refractivity contribution in [3.8, 4) is 0 Å². The van der Waals surface area contributed by atoms with Gasteiger partial charge in [-0.25, -0.2) is 0 Å². The van der Waals surface area contributed by atoms with E-state index in [0.29, 0.717) is 12.3 Å². The van der Waals surface area contributed by atoms with Gasteiger partial charge < -0.3 is 14.8 Å². The predicted molar refractivity (Wildman–Crippen MR) is 133 cm³/mol. The van der Waals surface area contributed by atoms with Crippen LogP contribution in [0.5, 0.6) is 0 Å². The van der Waals surface area contributed by atoms with Gasteiger partial charge in [-0.3, -0.25) is 0 Å². The average molecular weight is 456 g/mol. The van der Waals surface area contributed by atoms with Crippen LogP contribution in [0.4, 0.5) is 0 Å². The fourth-order valence-electron chi connectivity index (χ4n) is 3.91. The lowest BCUT2D eigenvalue weighted by atomic mass is 10.0. The van der Waals surface area contributed by atoms with Crippen molar-refractivity contribution < 1.29 is 10.2 Å². The lowest BCUT2D eigenvalue weighted by molar-refractivity contribution is 0.168. The molecule has 1 aromatic rings. The zero-order valence-corrected chi connectivity index (χ0v) is 21.3. The summed E-state index contributed by atoms with van der Waals surface area (Å²) in [6, 6.07) is 0. The summed E-state index contributed by atoms with van der Waals surface area (Å²) in [6.45, 7) is 6.37. The Bertz CT molecular complexity index is 535. The number of hydrogen-bond acceptors (Lipinski definition) is 5. The molecule has 0 aliphatic carbocycles. The molecular formula is C25H49N3O2S. The van der Waals surface area contributed by atoms with Crippen LogP contribution in [-0.4, -0.2) is 42.9 Å². The minimum atomic E-state index is -0.429. The number of nitrogens with zero attached hydrogens (tertiary/aromatic N) is 3. The van der Waals surface area contributed by atoms with E-state index in [4.69, 9.17) is 0 Å². The molecule has 0 spiro atoms. The molecule has 1 aromatic heterocycles. The topological polar surface area (TPSA) is 71.2 Å². The molecule has 6 heteroatoms. The molecule has 0 bridgehead atoms. The van der Waals surface area contributed by atoms with Crippen LogP contribution in [0.15, 0.2) is 5.16 Å². The van der Waals surface area contributed by atoms with Gasteiger partial charge in [0.25, 0.3) is 0 Å². The maximum atomic E-state index is 9.82. The van der Waals surface area contributed by atoms with E-state index in [-0.39, 0.29) is 6.10 Å². The highest BCUT2D eigenvalue weighted by atomic mass is 32.2. The second-order valence-corrected chi connectivity index (χ2v) is 10.2. The van der Waals surface area contributed by atoms with E-state index < -0.39 is 6.10 Å². The first-order chi connectivity index (χ1) is 15.0. The summed E-state index contributed by atoms with van der Waals surface area (Å²) in [7, 11) is 0. The highest BCUT2D eigenvalue weighted by Gasteiger charge is 2.14. The maximum absolute atomic E-state index is 9.82. The highest BCUT2D eigenvalue weighted by molar-refractivity contribution is 7.99. The van der Waals surface area contributed by atoms with E-state index >= 15 is 0 Å². The first-order valence-corrected chi connectivity index (χ1v) is 13.9. The molecule has 0 amide bonds. The molecule has 0 aliphatic heterocycles. The van der Waals surface area contributed by atoms with E-state index in [9.17, 15) is 10.2 Å². The summed E-state index contributed by atoms with van der Waals surface area (Å²) in [4.78, 5) is 0. The van der Waals surface area contributed by atoms with Crippen LogP contribution in [0.3, 0.4) is 0 Å². The van der Waals surface area contributed by atoms with Crippen molar-refractivity contribution in [3.63, 3.8) is 0 Å². The second kappa shape index (κ2) is 18.9. The fraction of sp³-hybridized carbons (Fsp3) is 0.920. The Balaban J connectivity index is 2.07. The van der Waals surface area contributed by atoms with E-state index in [1.165, 1.54) is 102 Å².